The molecule has 3 aromatic rings. The molecule has 0 radical (unpaired) electrons. The van der Waals surface area contributed by atoms with Crippen LogP contribution in [-0.4, -0.2) is 41.7 Å². The molecule has 3 N–H and O–H groups in total. The maximum absolute atomic E-state index is 5.96. The number of anilines is 1. The Morgan fingerprint density at radius 1 is 1.30 bits per heavy atom. The van der Waals surface area contributed by atoms with Crippen molar-refractivity contribution in [2.45, 2.75) is 13.3 Å². The van der Waals surface area contributed by atoms with Crippen LogP contribution in [0.4, 0.5) is 5.82 Å². The number of nitrogens with one attached hydrogen (secondary N) is 1. The van der Waals surface area contributed by atoms with Gasteiger partial charge in [-0.25, -0.2) is 0 Å². The minimum absolute atomic E-state index is 0.388. The molecule has 0 fully saturated rings. The van der Waals surface area contributed by atoms with Crippen molar-refractivity contribution in [1.29, 1.82) is 0 Å². The number of rotatable bonds is 6. The molecule has 7 heteroatoms. The third-order valence-electron chi connectivity index (χ3n) is 3.50. The fourth-order valence-corrected chi connectivity index (χ4v) is 2.76. The Hall–Kier alpha value is -2.21. The molecule has 3 rings (SSSR count). The second-order valence-corrected chi connectivity index (χ2v) is 5.93. The van der Waals surface area contributed by atoms with Crippen molar-refractivity contribution in [1.82, 2.24) is 14.5 Å². The van der Waals surface area contributed by atoms with E-state index >= 15 is 0 Å². The van der Waals surface area contributed by atoms with Crippen LogP contribution in [0.3, 0.4) is 0 Å². The molecule has 118 valence electrons. The van der Waals surface area contributed by atoms with Crippen molar-refractivity contribution in [2.24, 2.45) is 5.73 Å². The fourth-order valence-electron chi connectivity index (χ4n) is 2.43. The van der Waals surface area contributed by atoms with E-state index in [4.69, 9.17) is 10.5 Å². The Balaban J connectivity index is 1.87. The van der Waals surface area contributed by atoms with Crippen LogP contribution in [0, 0.1) is 0 Å². The second-order valence-electron chi connectivity index (χ2n) is 5.01. The van der Waals surface area contributed by atoms with Crippen molar-refractivity contribution in [3.63, 3.8) is 0 Å². The monoisotopic (exact) mass is 375 g/mol. The average molecular weight is 374 g/mol. The van der Waals surface area contributed by atoms with E-state index in [1.807, 2.05) is 48.1 Å². The van der Waals surface area contributed by atoms with Crippen LogP contribution in [0.2, 0.25) is 0 Å². The SMILES string of the molecule is CNc1ncnc2c1c(C(N)=[Se])cn2COCc1ccccc1. The van der Waals surface area contributed by atoms with Gasteiger partial charge in [0.05, 0.1) is 0 Å². The van der Waals surface area contributed by atoms with Crippen LogP contribution < -0.4 is 11.1 Å². The Morgan fingerprint density at radius 3 is 2.78 bits per heavy atom. The van der Waals surface area contributed by atoms with E-state index in [1.165, 1.54) is 6.33 Å². The zero-order valence-corrected chi connectivity index (χ0v) is 14.4. The summed E-state index contributed by atoms with van der Waals surface area (Å²) in [6, 6.07) is 10.1. The normalized spacial score (nSPS) is 10.8. The number of ether oxygens (including phenoxy) is 1. The van der Waals surface area contributed by atoms with E-state index in [0.717, 1.165) is 28.0 Å². The summed E-state index contributed by atoms with van der Waals surface area (Å²) < 4.78 is 8.33. The maximum atomic E-state index is 5.96. The van der Waals surface area contributed by atoms with Gasteiger partial charge in [0.15, 0.2) is 0 Å². The summed E-state index contributed by atoms with van der Waals surface area (Å²) >= 11 is 2.85. The van der Waals surface area contributed by atoms with E-state index < -0.39 is 0 Å². The van der Waals surface area contributed by atoms with Crippen LogP contribution in [0.25, 0.3) is 11.0 Å². The summed E-state index contributed by atoms with van der Waals surface area (Å²) in [7, 11) is 1.82. The van der Waals surface area contributed by atoms with Crippen molar-refractivity contribution in [3.8, 4) is 0 Å². The van der Waals surface area contributed by atoms with Crippen LogP contribution in [0.5, 0.6) is 0 Å². The van der Waals surface area contributed by atoms with Crippen LogP contribution >= 0.6 is 0 Å². The number of hydrogen-bond acceptors (Lipinski definition) is 5. The van der Waals surface area contributed by atoms with Gasteiger partial charge in [0.2, 0.25) is 0 Å². The third-order valence-corrected chi connectivity index (χ3v) is 3.96. The number of nitrogens with two attached hydrogens (primary N) is 1. The van der Waals surface area contributed by atoms with Gasteiger partial charge in [-0.15, -0.1) is 0 Å². The van der Waals surface area contributed by atoms with E-state index in [2.05, 4.69) is 30.9 Å². The summed E-state index contributed by atoms with van der Waals surface area (Å²) in [5, 5.41) is 3.96. The van der Waals surface area contributed by atoms with Gasteiger partial charge in [-0.3, -0.25) is 0 Å². The van der Waals surface area contributed by atoms with Crippen molar-refractivity contribution >= 4 is 37.0 Å². The summed E-state index contributed by atoms with van der Waals surface area (Å²) in [5.41, 5.74) is 8.74. The first-order chi connectivity index (χ1) is 11.2. The molecule has 0 aliphatic heterocycles. The zero-order chi connectivity index (χ0) is 16.2. The predicted octanol–water partition coefficient (Wildman–Crippen LogP) is 1.25. The van der Waals surface area contributed by atoms with Gasteiger partial charge >= 0.3 is 142 Å². The molecule has 2 heterocycles. The van der Waals surface area contributed by atoms with Gasteiger partial charge in [0.1, 0.15) is 0 Å². The van der Waals surface area contributed by atoms with Gasteiger partial charge in [-0.2, -0.15) is 0 Å². The Labute approximate surface area is 142 Å². The molecule has 0 bridgehead atoms. The molecule has 0 spiro atoms. The molecule has 6 nitrogen and oxygen atoms in total. The standard InChI is InChI=1S/C16H17N5OSe/c1-18-15-13-12(14(17)23)7-21(16(13)20-9-19-15)10-22-8-11-5-3-2-4-6-11/h2-7,9H,8,10H2,1H3,(H2,17,23)(H,18,19,20). The number of aromatic nitrogens is 3. The molecule has 0 amide bonds. The summed E-state index contributed by atoms with van der Waals surface area (Å²) in [6.45, 7) is 0.927. The Bertz CT molecular complexity index is 831. The van der Waals surface area contributed by atoms with Gasteiger partial charge in [-0.1, -0.05) is 0 Å². The van der Waals surface area contributed by atoms with E-state index in [1.54, 1.807) is 0 Å². The first kappa shape index (κ1) is 15.7. The van der Waals surface area contributed by atoms with Crippen LogP contribution in [0.1, 0.15) is 11.1 Å². The number of fused-ring (bicyclic) bond motifs is 1. The van der Waals surface area contributed by atoms with Crippen molar-refractivity contribution in [2.75, 3.05) is 12.4 Å². The zero-order valence-electron chi connectivity index (χ0n) is 12.7. The molecular formula is C16H17N5OSe. The minimum atomic E-state index is 0.388. The van der Waals surface area contributed by atoms with Crippen LogP contribution in [-0.2, 0) is 18.1 Å². The first-order valence-electron chi connectivity index (χ1n) is 7.13. The average Bonchev–Trinajstić information content (AvgIpc) is 2.95. The molecule has 0 saturated heterocycles. The van der Waals surface area contributed by atoms with E-state index in [-0.39, 0.29) is 0 Å². The molecule has 1 aromatic carbocycles. The predicted molar refractivity (Wildman–Crippen MR) is 92.4 cm³/mol. The quantitative estimate of drug-likeness (QED) is 0.635. The molecular weight excluding hydrogens is 357 g/mol. The van der Waals surface area contributed by atoms with E-state index in [0.29, 0.717) is 17.9 Å². The van der Waals surface area contributed by atoms with Crippen molar-refractivity contribution in [3.05, 3.63) is 54.0 Å². The number of nitrogens with zero attached hydrogens (tertiary/aromatic N) is 3. The molecule has 0 aliphatic carbocycles. The number of benzene rings is 1. The van der Waals surface area contributed by atoms with Gasteiger partial charge in [-0.05, 0) is 0 Å². The number of hydrogen-bond donors (Lipinski definition) is 2. The van der Waals surface area contributed by atoms with Gasteiger partial charge in [0.25, 0.3) is 0 Å². The summed E-state index contributed by atoms with van der Waals surface area (Å²) in [5.74, 6) is 0.741. The second kappa shape index (κ2) is 6.91. The van der Waals surface area contributed by atoms with Crippen LogP contribution in [0.15, 0.2) is 42.9 Å². The Morgan fingerprint density at radius 2 is 2.09 bits per heavy atom. The van der Waals surface area contributed by atoms with Gasteiger partial charge < -0.3 is 0 Å². The Kier molecular flexibility index (Phi) is 4.71. The van der Waals surface area contributed by atoms with E-state index in [9.17, 15) is 0 Å². The first-order valence-corrected chi connectivity index (χ1v) is 7.99. The fraction of sp³-hybridized carbons (Fsp3) is 0.188. The van der Waals surface area contributed by atoms with Crippen molar-refractivity contribution < 1.29 is 4.74 Å². The summed E-state index contributed by atoms with van der Waals surface area (Å²) in [6.07, 6.45) is 3.46. The molecule has 0 atom stereocenters. The molecule has 2 aromatic heterocycles. The topological polar surface area (TPSA) is 78.0 Å². The molecule has 0 saturated carbocycles. The molecule has 0 unspecified atom stereocenters. The molecule has 23 heavy (non-hydrogen) atoms. The third kappa shape index (κ3) is 3.27. The molecule has 0 aliphatic rings. The van der Waals surface area contributed by atoms with Gasteiger partial charge in [0, 0.05) is 0 Å². The summed E-state index contributed by atoms with van der Waals surface area (Å²) in [4.78, 5) is 8.62.